The highest BCUT2D eigenvalue weighted by Gasteiger charge is 2.29. The van der Waals surface area contributed by atoms with Gasteiger partial charge in [-0.15, -0.1) is 0 Å². The summed E-state index contributed by atoms with van der Waals surface area (Å²) in [5.74, 6) is -0.212. The fourth-order valence-corrected chi connectivity index (χ4v) is 5.31. The summed E-state index contributed by atoms with van der Waals surface area (Å²) in [4.78, 5) is 12.7. The van der Waals surface area contributed by atoms with Gasteiger partial charge < -0.3 is 10.6 Å². The van der Waals surface area contributed by atoms with Crippen LogP contribution in [0.3, 0.4) is 0 Å². The first-order chi connectivity index (χ1) is 12.5. The van der Waals surface area contributed by atoms with Crippen molar-refractivity contribution in [3.63, 3.8) is 0 Å². The van der Waals surface area contributed by atoms with Crippen LogP contribution in [0.25, 0.3) is 0 Å². The Morgan fingerprint density at radius 3 is 2.62 bits per heavy atom. The highest BCUT2D eigenvalue weighted by Crippen LogP contribution is 2.26. The van der Waals surface area contributed by atoms with Crippen molar-refractivity contribution < 1.29 is 13.2 Å². The molecule has 0 unspecified atom stereocenters. The number of hydrogen-bond donors (Lipinski definition) is 2. The van der Waals surface area contributed by atoms with Crippen molar-refractivity contribution in [2.75, 3.05) is 20.1 Å². The third-order valence-corrected chi connectivity index (χ3v) is 7.40. The van der Waals surface area contributed by atoms with Gasteiger partial charge in [-0.05, 0) is 50.4 Å². The Morgan fingerprint density at radius 1 is 1.15 bits per heavy atom. The van der Waals surface area contributed by atoms with E-state index in [2.05, 4.69) is 10.6 Å². The number of benzene rings is 1. The molecule has 2 N–H and O–H groups in total. The minimum Gasteiger partial charge on any atom is -0.348 e. The van der Waals surface area contributed by atoms with E-state index in [1.807, 2.05) is 0 Å². The SMILES string of the molecule is CN(C1CCCCC1)S(=O)(=O)c1cccc(C(=O)N[C@H]2CCCNC2)c1. The molecule has 1 amide bonds. The summed E-state index contributed by atoms with van der Waals surface area (Å²) in [6.07, 6.45) is 7.11. The molecule has 144 valence electrons. The molecule has 0 aromatic heterocycles. The summed E-state index contributed by atoms with van der Waals surface area (Å²) in [5.41, 5.74) is 0.397. The number of carbonyl (C=O) groups excluding carboxylic acids is 1. The molecular formula is C19H29N3O3S. The largest absolute Gasteiger partial charge is 0.348 e. The molecule has 3 rings (SSSR count). The van der Waals surface area contributed by atoms with E-state index in [0.717, 1.165) is 51.6 Å². The van der Waals surface area contributed by atoms with Gasteiger partial charge in [-0.1, -0.05) is 25.3 Å². The topological polar surface area (TPSA) is 78.5 Å². The Labute approximate surface area is 156 Å². The summed E-state index contributed by atoms with van der Waals surface area (Å²) >= 11 is 0. The lowest BCUT2D eigenvalue weighted by molar-refractivity contribution is 0.0930. The molecule has 1 aliphatic carbocycles. The number of rotatable bonds is 5. The second-order valence-corrected chi connectivity index (χ2v) is 9.36. The smallest absolute Gasteiger partial charge is 0.251 e. The lowest BCUT2D eigenvalue weighted by Crippen LogP contribution is -2.45. The van der Waals surface area contributed by atoms with E-state index in [1.54, 1.807) is 25.2 Å². The van der Waals surface area contributed by atoms with E-state index >= 15 is 0 Å². The number of piperidine rings is 1. The first kappa shape index (κ1) is 19.3. The van der Waals surface area contributed by atoms with Gasteiger partial charge in [-0.2, -0.15) is 4.31 Å². The van der Waals surface area contributed by atoms with Crippen molar-refractivity contribution in [3.05, 3.63) is 29.8 Å². The van der Waals surface area contributed by atoms with Crippen LogP contribution in [-0.4, -0.2) is 50.9 Å². The molecule has 0 bridgehead atoms. The van der Waals surface area contributed by atoms with Crippen molar-refractivity contribution in [2.45, 2.75) is 61.9 Å². The predicted octanol–water partition coefficient (Wildman–Crippen LogP) is 2.12. The van der Waals surface area contributed by atoms with Gasteiger partial charge in [0.1, 0.15) is 0 Å². The van der Waals surface area contributed by atoms with E-state index < -0.39 is 10.0 Å². The summed E-state index contributed by atoms with van der Waals surface area (Å²) in [6.45, 7) is 1.74. The second-order valence-electron chi connectivity index (χ2n) is 7.36. The predicted molar refractivity (Wildman–Crippen MR) is 102 cm³/mol. The average Bonchev–Trinajstić information content (AvgIpc) is 2.69. The first-order valence-electron chi connectivity index (χ1n) is 9.58. The van der Waals surface area contributed by atoms with E-state index in [4.69, 9.17) is 0 Å². The van der Waals surface area contributed by atoms with E-state index in [-0.39, 0.29) is 22.9 Å². The van der Waals surface area contributed by atoms with Gasteiger partial charge in [0.15, 0.2) is 0 Å². The lowest BCUT2D eigenvalue weighted by atomic mass is 9.96. The van der Waals surface area contributed by atoms with Gasteiger partial charge >= 0.3 is 0 Å². The van der Waals surface area contributed by atoms with Crippen molar-refractivity contribution in [1.29, 1.82) is 0 Å². The highest BCUT2D eigenvalue weighted by molar-refractivity contribution is 7.89. The number of amides is 1. The lowest BCUT2D eigenvalue weighted by Gasteiger charge is -2.30. The summed E-state index contributed by atoms with van der Waals surface area (Å²) in [6, 6.07) is 6.55. The fourth-order valence-electron chi connectivity index (χ4n) is 3.85. The summed E-state index contributed by atoms with van der Waals surface area (Å²) in [7, 11) is -1.93. The standard InChI is InChI=1S/C19H29N3O3S/c1-22(17-9-3-2-4-10-17)26(24,25)18-11-5-7-15(13-18)19(23)21-16-8-6-12-20-14-16/h5,7,11,13,16-17,20H,2-4,6,8-10,12,14H2,1H3,(H,21,23)/t16-/m0/s1. The van der Waals surface area contributed by atoms with Crippen LogP contribution >= 0.6 is 0 Å². The van der Waals surface area contributed by atoms with Crippen LogP contribution < -0.4 is 10.6 Å². The number of hydrogen-bond acceptors (Lipinski definition) is 4. The van der Waals surface area contributed by atoms with E-state index in [9.17, 15) is 13.2 Å². The zero-order chi connectivity index (χ0) is 18.6. The molecule has 2 aliphatic rings. The molecule has 0 radical (unpaired) electrons. The van der Waals surface area contributed by atoms with Crippen molar-refractivity contribution >= 4 is 15.9 Å². The maximum atomic E-state index is 13.0. The van der Waals surface area contributed by atoms with Gasteiger partial charge in [0, 0.05) is 31.2 Å². The Hall–Kier alpha value is -1.44. The zero-order valence-corrected chi connectivity index (χ0v) is 16.2. The van der Waals surface area contributed by atoms with Gasteiger partial charge in [0.2, 0.25) is 10.0 Å². The fraction of sp³-hybridized carbons (Fsp3) is 0.632. The second kappa shape index (κ2) is 8.50. The molecule has 26 heavy (non-hydrogen) atoms. The van der Waals surface area contributed by atoms with Crippen LogP contribution in [0.1, 0.15) is 55.3 Å². The minimum atomic E-state index is -3.59. The normalized spacial score (nSPS) is 22.3. The molecule has 1 aromatic rings. The molecule has 1 aromatic carbocycles. The van der Waals surface area contributed by atoms with Crippen LogP contribution in [0, 0.1) is 0 Å². The van der Waals surface area contributed by atoms with Gasteiger partial charge in [0.25, 0.3) is 5.91 Å². The number of sulfonamides is 1. The Morgan fingerprint density at radius 2 is 1.92 bits per heavy atom. The monoisotopic (exact) mass is 379 g/mol. The Bertz CT molecular complexity index is 723. The van der Waals surface area contributed by atoms with Crippen molar-refractivity contribution in [3.8, 4) is 0 Å². The van der Waals surface area contributed by atoms with Gasteiger partial charge in [-0.3, -0.25) is 4.79 Å². The third-order valence-electron chi connectivity index (χ3n) is 5.49. The third kappa shape index (κ3) is 4.45. The molecule has 1 saturated carbocycles. The molecule has 6 nitrogen and oxygen atoms in total. The van der Waals surface area contributed by atoms with Crippen LogP contribution in [0.5, 0.6) is 0 Å². The molecule has 2 fully saturated rings. The zero-order valence-electron chi connectivity index (χ0n) is 15.4. The van der Waals surface area contributed by atoms with E-state index in [1.165, 1.54) is 16.8 Å². The maximum Gasteiger partial charge on any atom is 0.251 e. The molecule has 1 atom stereocenters. The van der Waals surface area contributed by atoms with Crippen LogP contribution in [0.2, 0.25) is 0 Å². The quantitative estimate of drug-likeness (QED) is 0.821. The van der Waals surface area contributed by atoms with Crippen molar-refractivity contribution in [1.82, 2.24) is 14.9 Å². The number of carbonyl (C=O) groups is 1. The van der Waals surface area contributed by atoms with Crippen LogP contribution in [-0.2, 0) is 10.0 Å². The first-order valence-corrected chi connectivity index (χ1v) is 11.0. The Kier molecular flexibility index (Phi) is 6.32. The number of nitrogens with zero attached hydrogens (tertiary/aromatic N) is 1. The molecule has 1 heterocycles. The molecule has 1 aliphatic heterocycles. The van der Waals surface area contributed by atoms with Gasteiger partial charge in [-0.25, -0.2) is 8.42 Å². The maximum absolute atomic E-state index is 13.0. The molecule has 0 spiro atoms. The summed E-state index contributed by atoms with van der Waals surface area (Å²) < 4.78 is 27.5. The highest BCUT2D eigenvalue weighted by atomic mass is 32.2. The average molecular weight is 380 g/mol. The van der Waals surface area contributed by atoms with Crippen LogP contribution in [0.4, 0.5) is 0 Å². The van der Waals surface area contributed by atoms with Crippen LogP contribution in [0.15, 0.2) is 29.2 Å². The van der Waals surface area contributed by atoms with Gasteiger partial charge in [0.05, 0.1) is 4.90 Å². The molecule has 1 saturated heterocycles. The van der Waals surface area contributed by atoms with E-state index in [0.29, 0.717) is 5.56 Å². The molecular weight excluding hydrogens is 350 g/mol. The minimum absolute atomic E-state index is 0.0551. The summed E-state index contributed by atoms with van der Waals surface area (Å²) in [5, 5.41) is 6.26. The van der Waals surface area contributed by atoms with Crippen molar-refractivity contribution in [2.24, 2.45) is 0 Å². The Balaban J connectivity index is 1.73. The molecule has 7 heteroatoms. The number of nitrogens with one attached hydrogen (secondary N) is 2.